The highest BCUT2D eigenvalue weighted by atomic mass is 16.5. The number of fused-ring (bicyclic) bond motifs is 1. The average molecular weight is 317 g/mol. The number of nitrogens with two attached hydrogens (primary N) is 1. The highest BCUT2D eigenvalue weighted by molar-refractivity contribution is 5.86. The zero-order valence-corrected chi connectivity index (χ0v) is 13.0. The molecule has 6 heteroatoms. The standard InChI is InChI=1S/C18H15N5O/c1-24-15-4-2-12(3-5-15)14-10-21-18-16(13-6-8-20-9-7-13)17(19)22-23(18)11-14/h2-11H,1H3,(H2,19,22). The molecule has 0 saturated heterocycles. The third kappa shape index (κ3) is 2.34. The summed E-state index contributed by atoms with van der Waals surface area (Å²) in [6, 6.07) is 11.6. The molecule has 3 aromatic heterocycles. The third-order valence-electron chi connectivity index (χ3n) is 3.89. The zero-order chi connectivity index (χ0) is 16.5. The van der Waals surface area contributed by atoms with Gasteiger partial charge in [-0.1, -0.05) is 12.1 Å². The molecule has 4 rings (SSSR count). The van der Waals surface area contributed by atoms with Gasteiger partial charge in [0.2, 0.25) is 0 Å². The van der Waals surface area contributed by atoms with Gasteiger partial charge in [-0.25, -0.2) is 9.50 Å². The molecule has 0 amide bonds. The van der Waals surface area contributed by atoms with E-state index in [0.717, 1.165) is 33.7 Å². The number of nitrogen functional groups attached to an aromatic ring is 1. The predicted octanol–water partition coefficient (Wildman–Crippen LogP) is 3.05. The van der Waals surface area contributed by atoms with Crippen LogP contribution in [0, 0.1) is 0 Å². The van der Waals surface area contributed by atoms with E-state index in [0.29, 0.717) is 5.82 Å². The Bertz CT molecular complexity index is 993. The minimum Gasteiger partial charge on any atom is -0.497 e. The van der Waals surface area contributed by atoms with E-state index in [4.69, 9.17) is 10.5 Å². The number of ether oxygens (including phenoxy) is 1. The van der Waals surface area contributed by atoms with E-state index in [-0.39, 0.29) is 0 Å². The Balaban J connectivity index is 1.82. The van der Waals surface area contributed by atoms with Crippen molar-refractivity contribution >= 4 is 11.5 Å². The van der Waals surface area contributed by atoms with Gasteiger partial charge in [0, 0.05) is 30.4 Å². The van der Waals surface area contributed by atoms with Crippen LogP contribution in [0.15, 0.2) is 61.2 Å². The average Bonchev–Trinajstić information content (AvgIpc) is 2.97. The summed E-state index contributed by atoms with van der Waals surface area (Å²) >= 11 is 0. The second-order valence-electron chi connectivity index (χ2n) is 5.34. The topological polar surface area (TPSA) is 78.3 Å². The fraction of sp³-hybridized carbons (Fsp3) is 0.0556. The maximum atomic E-state index is 6.10. The van der Waals surface area contributed by atoms with Gasteiger partial charge in [-0.05, 0) is 35.4 Å². The molecule has 6 nitrogen and oxygen atoms in total. The predicted molar refractivity (Wildman–Crippen MR) is 92.6 cm³/mol. The van der Waals surface area contributed by atoms with Crippen molar-refractivity contribution in [3.63, 3.8) is 0 Å². The molecule has 0 bridgehead atoms. The molecule has 0 radical (unpaired) electrons. The van der Waals surface area contributed by atoms with Crippen LogP contribution in [-0.2, 0) is 0 Å². The van der Waals surface area contributed by atoms with Gasteiger partial charge in [-0.3, -0.25) is 4.98 Å². The molecule has 24 heavy (non-hydrogen) atoms. The molecule has 1 aromatic carbocycles. The summed E-state index contributed by atoms with van der Waals surface area (Å²) in [7, 11) is 1.65. The molecule has 0 atom stereocenters. The molecule has 0 aliphatic rings. The number of nitrogens with zero attached hydrogens (tertiary/aromatic N) is 4. The van der Waals surface area contributed by atoms with E-state index in [1.54, 1.807) is 24.0 Å². The first-order valence-electron chi connectivity index (χ1n) is 7.45. The number of hydrogen-bond acceptors (Lipinski definition) is 5. The molecule has 2 N–H and O–H groups in total. The van der Waals surface area contributed by atoms with Crippen molar-refractivity contribution in [2.75, 3.05) is 12.8 Å². The fourth-order valence-corrected chi connectivity index (χ4v) is 2.68. The molecule has 4 aromatic rings. The Morgan fingerprint density at radius 2 is 1.71 bits per heavy atom. The van der Waals surface area contributed by atoms with Gasteiger partial charge in [0.15, 0.2) is 11.5 Å². The lowest BCUT2D eigenvalue weighted by Gasteiger charge is -2.04. The van der Waals surface area contributed by atoms with E-state index in [2.05, 4.69) is 15.1 Å². The van der Waals surface area contributed by atoms with Crippen LogP contribution in [0.2, 0.25) is 0 Å². The smallest absolute Gasteiger partial charge is 0.165 e. The molecular formula is C18H15N5O. The molecular weight excluding hydrogens is 302 g/mol. The molecule has 0 fully saturated rings. The van der Waals surface area contributed by atoms with Gasteiger partial charge >= 0.3 is 0 Å². The lowest BCUT2D eigenvalue weighted by Crippen LogP contribution is -1.92. The van der Waals surface area contributed by atoms with Crippen molar-refractivity contribution < 1.29 is 4.74 Å². The van der Waals surface area contributed by atoms with E-state index in [1.165, 1.54) is 0 Å². The van der Waals surface area contributed by atoms with Gasteiger partial charge < -0.3 is 10.5 Å². The van der Waals surface area contributed by atoms with E-state index >= 15 is 0 Å². The highest BCUT2D eigenvalue weighted by Gasteiger charge is 2.14. The van der Waals surface area contributed by atoms with Crippen LogP contribution in [0.1, 0.15) is 0 Å². The van der Waals surface area contributed by atoms with Crippen LogP contribution in [-0.4, -0.2) is 26.7 Å². The van der Waals surface area contributed by atoms with Gasteiger partial charge in [0.25, 0.3) is 0 Å². The summed E-state index contributed by atoms with van der Waals surface area (Å²) in [4.78, 5) is 8.60. The second-order valence-corrected chi connectivity index (χ2v) is 5.34. The van der Waals surface area contributed by atoms with Crippen LogP contribution in [0.5, 0.6) is 5.75 Å². The number of methoxy groups -OCH3 is 1. The van der Waals surface area contributed by atoms with E-state index in [1.807, 2.05) is 48.8 Å². The number of pyridine rings is 1. The Hall–Kier alpha value is -3.41. The molecule has 0 unspecified atom stereocenters. The Morgan fingerprint density at radius 3 is 2.42 bits per heavy atom. The first kappa shape index (κ1) is 14.2. The summed E-state index contributed by atoms with van der Waals surface area (Å²) in [6.07, 6.45) is 7.20. The van der Waals surface area contributed by atoms with Gasteiger partial charge in [0.1, 0.15) is 5.75 Å². The minimum absolute atomic E-state index is 0.445. The van der Waals surface area contributed by atoms with Crippen molar-refractivity contribution in [1.29, 1.82) is 0 Å². The molecule has 3 heterocycles. The summed E-state index contributed by atoms with van der Waals surface area (Å²) in [5, 5.41) is 4.40. The van der Waals surface area contributed by atoms with Gasteiger partial charge in [-0.15, -0.1) is 5.10 Å². The Kier molecular flexibility index (Phi) is 3.35. The van der Waals surface area contributed by atoms with E-state index in [9.17, 15) is 0 Å². The fourth-order valence-electron chi connectivity index (χ4n) is 2.68. The van der Waals surface area contributed by atoms with Crippen molar-refractivity contribution in [3.8, 4) is 28.0 Å². The summed E-state index contributed by atoms with van der Waals surface area (Å²) in [6.45, 7) is 0. The summed E-state index contributed by atoms with van der Waals surface area (Å²) in [5.74, 6) is 1.26. The van der Waals surface area contributed by atoms with Crippen molar-refractivity contribution in [3.05, 3.63) is 61.2 Å². The maximum Gasteiger partial charge on any atom is 0.165 e. The lowest BCUT2D eigenvalue weighted by molar-refractivity contribution is 0.415. The van der Waals surface area contributed by atoms with Crippen molar-refractivity contribution in [1.82, 2.24) is 19.6 Å². The zero-order valence-electron chi connectivity index (χ0n) is 13.0. The van der Waals surface area contributed by atoms with Crippen molar-refractivity contribution in [2.45, 2.75) is 0 Å². The van der Waals surface area contributed by atoms with Crippen LogP contribution in [0.3, 0.4) is 0 Å². The third-order valence-corrected chi connectivity index (χ3v) is 3.89. The number of aromatic nitrogens is 4. The SMILES string of the molecule is COc1ccc(-c2cnc3c(-c4ccncc4)c(N)nn3c2)cc1. The number of hydrogen-bond donors (Lipinski definition) is 1. The Morgan fingerprint density at radius 1 is 0.958 bits per heavy atom. The largest absolute Gasteiger partial charge is 0.497 e. The van der Waals surface area contributed by atoms with Crippen molar-refractivity contribution in [2.24, 2.45) is 0 Å². The molecule has 118 valence electrons. The molecule has 0 aliphatic carbocycles. The van der Waals surface area contributed by atoms with Crippen LogP contribution >= 0.6 is 0 Å². The minimum atomic E-state index is 0.445. The monoisotopic (exact) mass is 317 g/mol. The number of benzene rings is 1. The number of rotatable bonds is 3. The maximum absolute atomic E-state index is 6.10. The second kappa shape index (κ2) is 5.66. The van der Waals surface area contributed by atoms with Crippen LogP contribution in [0.4, 0.5) is 5.82 Å². The molecule has 0 spiro atoms. The highest BCUT2D eigenvalue weighted by Crippen LogP contribution is 2.30. The van der Waals surface area contributed by atoms with Crippen LogP contribution in [0.25, 0.3) is 27.9 Å². The summed E-state index contributed by atoms with van der Waals surface area (Å²) < 4.78 is 6.90. The number of anilines is 1. The molecule has 0 aliphatic heterocycles. The molecule has 0 saturated carbocycles. The van der Waals surface area contributed by atoms with E-state index < -0.39 is 0 Å². The van der Waals surface area contributed by atoms with Gasteiger partial charge in [-0.2, -0.15) is 0 Å². The van der Waals surface area contributed by atoms with Crippen LogP contribution < -0.4 is 10.5 Å². The quantitative estimate of drug-likeness (QED) is 0.628. The summed E-state index contributed by atoms with van der Waals surface area (Å²) in [5.41, 5.74) is 10.6. The first-order chi connectivity index (χ1) is 11.8. The normalized spacial score (nSPS) is 10.9. The van der Waals surface area contributed by atoms with Gasteiger partial charge in [0.05, 0.1) is 12.7 Å². The Labute approximate surface area is 138 Å². The first-order valence-corrected chi connectivity index (χ1v) is 7.45. The lowest BCUT2D eigenvalue weighted by atomic mass is 10.1.